The number of carbonyl (C=O) groups excluding carboxylic acids is 1. The first-order valence-corrected chi connectivity index (χ1v) is 6.99. The third kappa shape index (κ3) is 8.16. The van der Waals surface area contributed by atoms with Gasteiger partial charge >= 0.3 is 0 Å². The van der Waals surface area contributed by atoms with Gasteiger partial charge in [0, 0.05) is 27.2 Å². The fraction of sp³-hybridized carbons (Fsp3) is 0.467. The first kappa shape index (κ1) is 20.6. The van der Waals surface area contributed by atoms with E-state index in [1.807, 2.05) is 6.92 Å². The van der Waals surface area contributed by atoms with E-state index in [-0.39, 0.29) is 42.2 Å². The predicted octanol–water partition coefficient (Wildman–Crippen LogP) is 1.63. The van der Waals surface area contributed by atoms with Crippen LogP contribution in [0.25, 0.3) is 0 Å². The molecule has 0 spiro atoms. The molecule has 0 aliphatic carbocycles. The molecule has 1 rings (SSSR count). The van der Waals surface area contributed by atoms with E-state index in [9.17, 15) is 9.18 Å². The summed E-state index contributed by atoms with van der Waals surface area (Å²) in [6.45, 7) is 3.45. The molecule has 0 bridgehead atoms. The summed E-state index contributed by atoms with van der Waals surface area (Å²) < 4.78 is 12.8. The van der Waals surface area contributed by atoms with Crippen LogP contribution in [0, 0.1) is 5.82 Å². The molecule has 0 saturated carbocycles. The summed E-state index contributed by atoms with van der Waals surface area (Å²) in [5.41, 5.74) is 1.05. The summed E-state index contributed by atoms with van der Waals surface area (Å²) in [7, 11) is 3.40. The van der Waals surface area contributed by atoms with Crippen molar-refractivity contribution in [3.05, 3.63) is 35.6 Å². The number of amides is 1. The lowest BCUT2D eigenvalue weighted by atomic mass is 10.1. The Balaban J connectivity index is 0.00000441. The molecule has 0 aliphatic rings. The van der Waals surface area contributed by atoms with Gasteiger partial charge in [-0.1, -0.05) is 12.1 Å². The van der Waals surface area contributed by atoms with Crippen molar-refractivity contribution in [2.45, 2.75) is 13.3 Å². The van der Waals surface area contributed by atoms with Gasteiger partial charge in [0.1, 0.15) is 12.4 Å². The van der Waals surface area contributed by atoms with E-state index >= 15 is 0 Å². The summed E-state index contributed by atoms with van der Waals surface area (Å²) >= 11 is 0. The maximum Gasteiger partial charge on any atom is 0.243 e. The highest BCUT2D eigenvalue weighted by Crippen LogP contribution is 2.02. The lowest BCUT2D eigenvalue weighted by molar-refractivity contribution is -0.127. The molecule has 1 aromatic carbocycles. The van der Waals surface area contributed by atoms with Crippen molar-refractivity contribution in [2.75, 3.05) is 33.7 Å². The minimum Gasteiger partial charge on any atom is -0.357 e. The molecule has 0 heterocycles. The van der Waals surface area contributed by atoms with Crippen LogP contribution < -0.4 is 10.6 Å². The molecular weight excluding hydrogens is 398 g/mol. The zero-order valence-corrected chi connectivity index (χ0v) is 15.6. The van der Waals surface area contributed by atoms with Crippen LogP contribution in [-0.2, 0) is 11.2 Å². The van der Waals surface area contributed by atoms with Crippen LogP contribution in [0.15, 0.2) is 29.3 Å². The number of benzene rings is 1. The minimum absolute atomic E-state index is 0. The number of nitrogens with zero attached hydrogens (tertiary/aromatic N) is 2. The van der Waals surface area contributed by atoms with Gasteiger partial charge in [0.2, 0.25) is 5.91 Å². The SMILES string of the molecule is CCNC(=NCC(=O)N(C)C)NCCc1ccc(F)cc1.I. The molecule has 2 N–H and O–H groups in total. The minimum atomic E-state index is -0.233. The molecular formula is C15H24FIN4O. The molecule has 0 radical (unpaired) electrons. The van der Waals surface area contributed by atoms with Crippen LogP contribution in [0.4, 0.5) is 4.39 Å². The summed E-state index contributed by atoms with van der Waals surface area (Å²) in [6.07, 6.45) is 0.756. The third-order valence-electron chi connectivity index (χ3n) is 2.83. The van der Waals surface area contributed by atoms with E-state index in [0.717, 1.165) is 18.5 Å². The van der Waals surface area contributed by atoms with Gasteiger partial charge in [-0.25, -0.2) is 9.38 Å². The molecule has 5 nitrogen and oxygen atoms in total. The van der Waals surface area contributed by atoms with Crippen molar-refractivity contribution in [1.29, 1.82) is 0 Å². The number of carbonyl (C=O) groups is 1. The average molecular weight is 422 g/mol. The number of hydrogen-bond acceptors (Lipinski definition) is 2. The van der Waals surface area contributed by atoms with Gasteiger partial charge < -0.3 is 15.5 Å². The number of nitrogens with one attached hydrogen (secondary N) is 2. The summed E-state index contributed by atoms with van der Waals surface area (Å²) in [5, 5.41) is 6.23. The first-order chi connectivity index (χ1) is 10.0. The Labute approximate surface area is 148 Å². The number of hydrogen-bond donors (Lipinski definition) is 2. The van der Waals surface area contributed by atoms with E-state index in [1.165, 1.54) is 17.0 Å². The number of likely N-dealkylation sites (N-methyl/N-ethyl adjacent to an activating group) is 1. The molecule has 0 fully saturated rings. The highest BCUT2D eigenvalue weighted by molar-refractivity contribution is 14.0. The lowest BCUT2D eigenvalue weighted by Crippen LogP contribution is -2.39. The van der Waals surface area contributed by atoms with Crippen molar-refractivity contribution >= 4 is 35.8 Å². The number of guanidine groups is 1. The Bertz CT molecular complexity index is 477. The molecule has 124 valence electrons. The highest BCUT2D eigenvalue weighted by Gasteiger charge is 2.03. The van der Waals surface area contributed by atoms with Crippen molar-refractivity contribution in [3.8, 4) is 0 Å². The van der Waals surface area contributed by atoms with Gasteiger partial charge in [-0.3, -0.25) is 4.79 Å². The molecule has 0 atom stereocenters. The number of aliphatic imine (C=N–C) groups is 1. The Kier molecular flexibility index (Phi) is 10.5. The quantitative estimate of drug-likeness (QED) is 0.417. The van der Waals surface area contributed by atoms with E-state index in [4.69, 9.17) is 0 Å². The number of rotatable bonds is 6. The van der Waals surface area contributed by atoms with E-state index < -0.39 is 0 Å². The van der Waals surface area contributed by atoms with Gasteiger partial charge in [-0.05, 0) is 31.0 Å². The molecule has 0 aliphatic heterocycles. The summed E-state index contributed by atoms with van der Waals surface area (Å²) in [6, 6.07) is 6.42. The zero-order valence-electron chi connectivity index (χ0n) is 13.2. The second-order valence-corrected chi connectivity index (χ2v) is 4.79. The van der Waals surface area contributed by atoms with E-state index in [1.54, 1.807) is 26.2 Å². The van der Waals surface area contributed by atoms with Crippen LogP contribution in [0.3, 0.4) is 0 Å². The maximum absolute atomic E-state index is 12.8. The highest BCUT2D eigenvalue weighted by atomic mass is 127. The molecule has 0 saturated heterocycles. The fourth-order valence-corrected chi connectivity index (χ4v) is 1.61. The van der Waals surface area contributed by atoms with Crippen LogP contribution in [0.2, 0.25) is 0 Å². The summed E-state index contributed by atoms with van der Waals surface area (Å²) in [5.74, 6) is 0.323. The zero-order chi connectivity index (χ0) is 15.7. The smallest absolute Gasteiger partial charge is 0.243 e. The Morgan fingerprint density at radius 3 is 2.41 bits per heavy atom. The maximum atomic E-state index is 12.8. The standard InChI is InChI=1S/C15H23FN4O.HI/c1-4-17-15(19-11-14(21)20(2)3)18-10-9-12-5-7-13(16)8-6-12;/h5-8H,4,9-11H2,1-3H3,(H2,17,18,19);1H. The molecule has 0 unspecified atom stereocenters. The third-order valence-corrected chi connectivity index (χ3v) is 2.83. The fourth-order valence-electron chi connectivity index (χ4n) is 1.61. The van der Waals surface area contributed by atoms with E-state index in [2.05, 4.69) is 15.6 Å². The van der Waals surface area contributed by atoms with Crippen molar-refractivity contribution in [2.24, 2.45) is 4.99 Å². The van der Waals surface area contributed by atoms with Gasteiger partial charge in [0.05, 0.1) is 0 Å². The Hall–Kier alpha value is -1.38. The van der Waals surface area contributed by atoms with Crippen LogP contribution in [0.1, 0.15) is 12.5 Å². The van der Waals surface area contributed by atoms with Gasteiger partial charge in [-0.15, -0.1) is 24.0 Å². The average Bonchev–Trinajstić information content (AvgIpc) is 2.46. The molecule has 22 heavy (non-hydrogen) atoms. The normalized spacial score (nSPS) is 10.6. The Morgan fingerprint density at radius 2 is 1.86 bits per heavy atom. The lowest BCUT2D eigenvalue weighted by Gasteiger charge is -2.12. The predicted molar refractivity (Wildman–Crippen MR) is 98.2 cm³/mol. The van der Waals surface area contributed by atoms with Crippen LogP contribution in [-0.4, -0.2) is 50.5 Å². The largest absolute Gasteiger partial charge is 0.357 e. The topological polar surface area (TPSA) is 56.7 Å². The molecule has 0 aromatic heterocycles. The summed E-state index contributed by atoms with van der Waals surface area (Å²) in [4.78, 5) is 17.2. The van der Waals surface area contributed by atoms with Crippen LogP contribution in [0.5, 0.6) is 0 Å². The van der Waals surface area contributed by atoms with Crippen molar-refractivity contribution in [3.63, 3.8) is 0 Å². The van der Waals surface area contributed by atoms with Crippen molar-refractivity contribution < 1.29 is 9.18 Å². The second-order valence-electron chi connectivity index (χ2n) is 4.79. The second kappa shape index (κ2) is 11.2. The van der Waals surface area contributed by atoms with E-state index in [0.29, 0.717) is 12.5 Å². The molecule has 1 amide bonds. The number of halogens is 2. The van der Waals surface area contributed by atoms with Crippen molar-refractivity contribution in [1.82, 2.24) is 15.5 Å². The molecule has 1 aromatic rings. The first-order valence-electron chi connectivity index (χ1n) is 6.99. The van der Waals surface area contributed by atoms with Crippen LogP contribution >= 0.6 is 24.0 Å². The van der Waals surface area contributed by atoms with Gasteiger partial charge in [0.25, 0.3) is 0 Å². The monoisotopic (exact) mass is 422 g/mol. The van der Waals surface area contributed by atoms with Gasteiger partial charge in [0.15, 0.2) is 5.96 Å². The molecule has 7 heteroatoms. The van der Waals surface area contributed by atoms with Gasteiger partial charge in [-0.2, -0.15) is 0 Å². The Morgan fingerprint density at radius 1 is 1.23 bits per heavy atom.